The van der Waals surface area contributed by atoms with Crippen molar-refractivity contribution in [1.82, 2.24) is 5.32 Å². The number of esters is 1. The number of unbranched alkanes of at least 4 members (excludes halogenated alkanes) is 3. The molecule has 0 aliphatic heterocycles. The molecule has 1 N–H and O–H groups in total. The second kappa shape index (κ2) is 18.8. The van der Waals surface area contributed by atoms with E-state index in [4.69, 9.17) is 18.6 Å². The fraction of sp³-hybridized carbons (Fsp3) is 0.357. The molecule has 0 radical (unpaired) electrons. The van der Waals surface area contributed by atoms with E-state index in [1.165, 1.54) is 37.0 Å². The van der Waals surface area contributed by atoms with Crippen molar-refractivity contribution in [2.24, 2.45) is 0 Å². The third-order valence-corrected chi connectivity index (χ3v) is 8.78. The highest BCUT2D eigenvalue weighted by atomic mass is 32.1. The standard InChI is InChI=1S/C36H34N2O6S.C6H14/c1-5-41-33(39)19-26-9-10-27(32-12-11-29(20-37)45-32)18-31(26)43-22-24-16-28-13-14-42-34(28)30(17-24)25-8-6-7-23(15-25)21-38-35(40)44-36(2,3)4;1-3-5-6-4-2/h6-18H,5,19,21-22H2,1-4H3,(H,38,40);3-6H2,1-2H3. The summed E-state index contributed by atoms with van der Waals surface area (Å²) in [4.78, 5) is 26.1. The molecule has 5 rings (SSSR count). The highest BCUT2D eigenvalue weighted by molar-refractivity contribution is 7.16. The lowest BCUT2D eigenvalue weighted by atomic mass is 9.99. The Morgan fingerprint density at radius 2 is 1.69 bits per heavy atom. The summed E-state index contributed by atoms with van der Waals surface area (Å²) in [5.74, 6) is 0.234. The van der Waals surface area contributed by atoms with Crippen LogP contribution in [0.5, 0.6) is 5.75 Å². The van der Waals surface area contributed by atoms with Crippen molar-refractivity contribution in [2.45, 2.75) is 92.4 Å². The smallest absolute Gasteiger partial charge is 0.407 e. The Balaban J connectivity index is 0.000000894. The predicted octanol–water partition coefficient (Wildman–Crippen LogP) is 11.0. The van der Waals surface area contributed by atoms with Crippen LogP contribution in [0.4, 0.5) is 4.79 Å². The van der Waals surface area contributed by atoms with Gasteiger partial charge < -0.3 is 23.9 Å². The number of benzene rings is 3. The second-order valence-electron chi connectivity index (χ2n) is 13.1. The Bertz CT molecular complexity index is 1940. The molecule has 0 atom stereocenters. The van der Waals surface area contributed by atoms with Gasteiger partial charge in [0.25, 0.3) is 0 Å². The normalized spacial score (nSPS) is 10.9. The molecule has 0 saturated heterocycles. The average molecular weight is 709 g/mol. The van der Waals surface area contributed by atoms with Gasteiger partial charge in [-0.1, -0.05) is 69.9 Å². The summed E-state index contributed by atoms with van der Waals surface area (Å²) >= 11 is 1.40. The molecule has 2 aromatic heterocycles. The van der Waals surface area contributed by atoms with Gasteiger partial charge in [-0.05, 0) is 92.4 Å². The van der Waals surface area contributed by atoms with E-state index in [1.807, 2.05) is 87.5 Å². The van der Waals surface area contributed by atoms with Crippen LogP contribution in [0.3, 0.4) is 0 Å². The molecule has 0 aliphatic carbocycles. The third-order valence-electron chi connectivity index (χ3n) is 7.74. The first-order valence-electron chi connectivity index (χ1n) is 17.5. The van der Waals surface area contributed by atoms with Crippen LogP contribution in [-0.4, -0.2) is 24.3 Å². The first-order chi connectivity index (χ1) is 24.5. The predicted molar refractivity (Wildman–Crippen MR) is 204 cm³/mol. The average Bonchev–Trinajstić information content (AvgIpc) is 3.79. The van der Waals surface area contributed by atoms with Crippen molar-refractivity contribution in [1.29, 1.82) is 5.26 Å². The van der Waals surface area contributed by atoms with Crippen LogP contribution < -0.4 is 10.1 Å². The van der Waals surface area contributed by atoms with Crippen LogP contribution in [0.1, 0.15) is 88.8 Å². The molecule has 8 nitrogen and oxygen atoms in total. The number of alkyl carbamates (subject to hydrolysis) is 1. The Morgan fingerprint density at radius 3 is 2.37 bits per heavy atom. The Labute approximate surface area is 305 Å². The zero-order valence-corrected chi connectivity index (χ0v) is 31.3. The van der Waals surface area contributed by atoms with E-state index in [0.29, 0.717) is 29.3 Å². The number of fused-ring (bicyclic) bond motifs is 1. The summed E-state index contributed by atoms with van der Waals surface area (Å²) < 4.78 is 22.8. The summed E-state index contributed by atoms with van der Waals surface area (Å²) in [6.07, 6.45) is 6.79. The van der Waals surface area contributed by atoms with Crippen LogP contribution in [0, 0.1) is 11.3 Å². The number of nitrogens with one attached hydrogen (secondary N) is 1. The van der Waals surface area contributed by atoms with Crippen molar-refractivity contribution in [3.05, 3.63) is 101 Å². The lowest BCUT2D eigenvalue weighted by Crippen LogP contribution is -2.32. The molecule has 268 valence electrons. The van der Waals surface area contributed by atoms with Crippen molar-refractivity contribution >= 4 is 34.4 Å². The molecular formula is C42H48N2O6S. The summed E-state index contributed by atoms with van der Waals surface area (Å²) in [6.45, 7) is 12.6. The van der Waals surface area contributed by atoms with Gasteiger partial charge in [0.2, 0.25) is 0 Å². The fourth-order valence-corrected chi connectivity index (χ4v) is 6.15. The van der Waals surface area contributed by atoms with Crippen LogP contribution in [0.15, 0.2) is 83.5 Å². The molecule has 0 bridgehead atoms. The maximum absolute atomic E-state index is 12.4. The molecular weight excluding hydrogens is 661 g/mol. The maximum atomic E-state index is 12.4. The number of nitrogens with zero attached hydrogens (tertiary/aromatic N) is 1. The van der Waals surface area contributed by atoms with E-state index in [0.717, 1.165) is 43.7 Å². The molecule has 0 saturated carbocycles. The number of carbonyl (C=O) groups is 2. The van der Waals surface area contributed by atoms with Crippen LogP contribution in [0.2, 0.25) is 0 Å². The highest BCUT2D eigenvalue weighted by Crippen LogP contribution is 2.35. The van der Waals surface area contributed by atoms with Gasteiger partial charge in [0.15, 0.2) is 0 Å². The molecule has 51 heavy (non-hydrogen) atoms. The minimum atomic E-state index is -0.578. The monoisotopic (exact) mass is 708 g/mol. The van der Waals surface area contributed by atoms with Gasteiger partial charge in [0.1, 0.15) is 34.5 Å². The lowest BCUT2D eigenvalue weighted by Gasteiger charge is -2.19. The Morgan fingerprint density at radius 1 is 0.902 bits per heavy atom. The number of hydrogen-bond donors (Lipinski definition) is 1. The minimum Gasteiger partial charge on any atom is -0.489 e. The molecule has 1 amide bonds. The molecule has 3 aromatic carbocycles. The summed E-state index contributed by atoms with van der Waals surface area (Å²) in [5, 5.41) is 13.0. The lowest BCUT2D eigenvalue weighted by molar-refractivity contribution is -0.142. The summed E-state index contributed by atoms with van der Waals surface area (Å²) in [6, 6.07) is 25.4. The number of furan rings is 1. The number of ether oxygens (including phenoxy) is 3. The van der Waals surface area contributed by atoms with E-state index in [2.05, 4.69) is 25.2 Å². The van der Waals surface area contributed by atoms with E-state index < -0.39 is 11.7 Å². The number of amides is 1. The molecule has 2 heterocycles. The number of nitriles is 1. The number of carbonyl (C=O) groups excluding carboxylic acids is 2. The van der Waals surface area contributed by atoms with Gasteiger partial charge in [-0.3, -0.25) is 4.79 Å². The van der Waals surface area contributed by atoms with Crippen molar-refractivity contribution < 1.29 is 28.2 Å². The van der Waals surface area contributed by atoms with Gasteiger partial charge in [-0.25, -0.2) is 4.79 Å². The molecule has 0 fully saturated rings. The SMILES string of the molecule is CCCCCC.CCOC(=O)Cc1ccc(-c2ccc(C#N)s2)cc1OCc1cc(-c2cccc(CNC(=O)OC(C)(C)C)c2)c2occc2c1. The number of hydrogen-bond acceptors (Lipinski definition) is 8. The van der Waals surface area contributed by atoms with Gasteiger partial charge in [0, 0.05) is 27.9 Å². The van der Waals surface area contributed by atoms with Crippen LogP contribution in [0.25, 0.3) is 32.5 Å². The van der Waals surface area contributed by atoms with E-state index in [9.17, 15) is 14.9 Å². The van der Waals surface area contributed by atoms with E-state index >= 15 is 0 Å². The Hall–Kier alpha value is -5.07. The largest absolute Gasteiger partial charge is 0.489 e. The van der Waals surface area contributed by atoms with Gasteiger partial charge >= 0.3 is 12.1 Å². The van der Waals surface area contributed by atoms with Crippen molar-refractivity contribution in [3.8, 4) is 33.4 Å². The van der Waals surface area contributed by atoms with Crippen LogP contribution in [-0.2, 0) is 33.8 Å². The molecule has 0 spiro atoms. The fourth-order valence-electron chi connectivity index (χ4n) is 5.35. The molecule has 0 aliphatic rings. The number of thiophene rings is 1. The highest BCUT2D eigenvalue weighted by Gasteiger charge is 2.17. The van der Waals surface area contributed by atoms with Gasteiger partial charge in [-0.15, -0.1) is 11.3 Å². The molecule has 9 heteroatoms. The molecule has 0 unspecified atom stereocenters. The maximum Gasteiger partial charge on any atom is 0.407 e. The quantitative estimate of drug-likeness (QED) is 0.0957. The summed E-state index contributed by atoms with van der Waals surface area (Å²) in [7, 11) is 0. The topological polar surface area (TPSA) is 111 Å². The number of rotatable bonds is 13. The molecule has 5 aromatic rings. The zero-order valence-electron chi connectivity index (χ0n) is 30.5. The third kappa shape index (κ3) is 11.8. The van der Waals surface area contributed by atoms with Gasteiger partial charge in [0.05, 0.1) is 19.3 Å². The zero-order chi connectivity index (χ0) is 36.8. The van der Waals surface area contributed by atoms with Crippen molar-refractivity contribution in [2.75, 3.05) is 6.61 Å². The first-order valence-corrected chi connectivity index (χ1v) is 18.3. The van der Waals surface area contributed by atoms with E-state index in [-0.39, 0.29) is 19.0 Å². The van der Waals surface area contributed by atoms with Crippen molar-refractivity contribution in [3.63, 3.8) is 0 Å². The first kappa shape index (κ1) is 38.7. The second-order valence-corrected chi connectivity index (χ2v) is 14.2. The van der Waals surface area contributed by atoms with Gasteiger partial charge in [-0.2, -0.15) is 5.26 Å². The van der Waals surface area contributed by atoms with E-state index in [1.54, 1.807) is 19.3 Å². The minimum absolute atomic E-state index is 0.0769. The Kier molecular flexibility index (Phi) is 14.3. The van der Waals surface area contributed by atoms with Crippen LogP contribution >= 0.6 is 11.3 Å². The summed E-state index contributed by atoms with van der Waals surface area (Å²) in [5.41, 5.74) is 5.41.